The van der Waals surface area contributed by atoms with E-state index in [4.69, 9.17) is 4.42 Å². The van der Waals surface area contributed by atoms with E-state index in [-0.39, 0.29) is 0 Å². The van der Waals surface area contributed by atoms with Crippen LogP contribution in [-0.4, -0.2) is 20.0 Å². The van der Waals surface area contributed by atoms with E-state index in [0.29, 0.717) is 19.0 Å². The Labute approximate surface area is 87.3 Å². The molecule has 6 heteroatoms. The molecule has 0 unspecified atom stereocenters. The molecular formula is C9H13N5O. The fourth-order valence-corrected chi connectivity index (χ4v) is 1.26. The molecule has 0 aliphatic heterocycles. The smallest absolute Gasteiger partial charge is 0.208 e. The number of aromatic nitrogens is 4. The zero-order valence-electron chi connectivity index (χ0n) is 8.77. The van der Waals surface area contributed by atoms with Crippen molar-refractivity contribution in [2.45, 2.75) is 20.0 Å². The topological polar surface area (TPSA) is 68.8 Å². The van der Waals surface area contributed by atoms with Gasteiger partial charge in [0.2, 0.25) is 5.89 Å². The van der Waals surface area contributed by atoms with Gasteiger partial charge in [-0.15, -0.1) is 5.10 Å². The number of hydrogen-bond donors (Lipinski definition) is 1. The van der Waals surface area contributed by atoms with E-state index in [1.165, 1.54) is 0 Å². The zero-order valence-corrected chi connectivity index (χ0v) is 8.77. The van der Waals surface area contributed by atoms with Crippen molar-refractivity contribution in [1.29, 1.82) is 0 Å². The fraction of sp³-hybridized carbons (Fsp3) is 0.444. The van der Waals surface area contributed by atoms with Crippen molar-refractivity contribution < 1.29 is 4.42 Å². The Kier molecular flexibility index (Phi) is 2.77. The summed E-state index contributed by atoms with van der Waals surface area (Å²) in [6.07, 6.45) is 3.58. The van der Waals surface area contributed by atoms with Gasteiger partial charge < -0.3 is 9.73 Å². The van der Waals surface area contributed by atoms with Crippen LogP contribution < -0.4 is 5.32 Å². The third kappa shape index (κ3) is 2.63. The van der Waals surface area contributed by atoms with Crippen LogP contribution in [0.25, 0.3) is 0 Å². The van der Waals surface area contributed by atoms with Crippen LogP contribution >= 0.6 is 0 Å². The van der Waals surface area contributed by atoms with Crippen molar-refractivity contribution >= 4 is 0 Å². The van der Waals surface area contributed by atoms with Gasteiger partial charge in [0, 0.05) is 19.8 Å². The van der Waals surface area contributed by atoms with Gasteiger partial charge in [0.15, 0.2) is 0 Å². The Morgan fingerprint density at radius 3 is 2.93 bits per heavy atom. The Morgan fingerprint density at radius 2 is 2.33 bits per heavy atom. The third-order valence-corrected chi connectivity index (χ3v) is 1.90. The van der Waals surface area contributed by atoms with E-state index in [1.54, 1.807) is 10.9 Å². The fourth-order valence-electron chi connectivity index (χ4n) is 1.26. The highest BCUT2D eigenvalue weighted by Gasteiger charge is 2.01. The van der Waals surface area contributed by atoms with Gasteiger partial charge in [-0.3, -0.25) is 4.68 Å². The van der Waals surface area contributed by atoms with E-state index < -0.39 is 0 Å². The summed E-state index contributed by atoms with van der Waals surface area (Å²) in [5.41, 5.74) is 0.903. The van der Waals surface area contributed by atoms with Crippen molar-refractivity contribution in [2.24, 2.45) is 7.05 Å². The molecule has 0 amide bonds. The predicted molar refractivity (Wildman–Crippen MR) is 52.8 cm³/mol. The van der Waals surface area contributed by atoms with Gasteiger partial charge in [-0.25, -0.2) is 4.98 Å². The quantitative estimate of drug-likeness (QED) is 0.786. The zero-order chi connectivity index (χ0) is 10.7. The number of oxazole rings is 1. The molecule has 80 valence electrons. The van der Waals surface area contributed by atoms with Crippen LogP contribution in [0.4, 0.5) is 0 Å². The van der Waals surface area contributed by atoms with Crippen LogP contribution in [0.5, 0.6) is 0 Å². The normalized spacial score (nSPS) is 10.8. The van der Waals surface area contributed by atoms with Crippen molar-refractivity contribution in [3.63, 3.8) is 0 Å². The third-order valence-electron chi connectivity index (χ3n) is 1.90. The summed E-state index contributed by atoms with van der Waals surface area (Å²) in [7, 11) is 1.84. The van der Waals surface area contributed by atoms with Gasteiger partial charge in [-0.1, -0.05) is 5.21 Å². The van der Waals surface area contributed by atoms with Crippen LogP contribution in [0, 0.1) is 6.92 Å². The lowest BCUT2D eigenvalue weighted by Gasteiger charge is -1.97. The molecule has 0 atom stereocenters. The second-order valence-corrected chi connectivity index (χ2v) is 3.35. The molecule has 2 aromatic heterocycles. The minimum Gasteiger partial charge on any atom is -0.445 e. The van der Waals surface area contributed by atoms with E-state index >= 15 is 0 Å². The van der Waals surface area contributed by atoms with Gasteiger partial charge >= 0.3 is 0 Å². The summed E-state index contributed by atoms with van der Waals surface area (Å²) < 4.78 is 6.98. The molecule has 0 bridgehead atoms. The average molecular weight is 207 g/mol. The van der Waals surface area contributed by atoms with Crippen molar-refractivity contribution in [3.8, 4) is 0 Å². The molecule has 2 rings (SSSR count). The average Bonchev–Trinajstić information content (AvgIpc) is 2.76. The molecule has 0 aliphatic carbocycles. The lowest BCUT2D eigenvalue weighted by molar-refractivity contribution is 0.448. The number of aryl methyl sites for hydroxylation is 2. The van der Waals surface area contributed by atoms with Crippen LogP contribution in [0.1, 0.15) is 17.3 Å². The van der Waals surface area contributed by atoms with Gasteiger partial charge in [0.1, 0.15) is 5.76 Å². The van der Waals surface area contributed by atoms with Crippen molar-refractivity contribution in [1.82, 2.24) is 25.3 Å². The summed E-state index contributed by atoms with van der Waals surface area (Å²) in [6, 6.07) is 0. The van der Waals surface area contributed by atoms with E-state index in [2.05, 4.69) is 20.6 Å². The Balaban J connectivity index is 1.80. The molecule has 0 fully saturated rings. The molecule has 15 heavy (non-hydrogen) atoms. The standard InChI is InChI=1S/C9H13N5O/c1-7-3-11-9(15-7)5-10-4-8-6-14(2)13-12-8/h3,6,10H,4-5H2,1-2H3. The maximum atomic E-state index is 5.31. The largest absolute Gasteiger partial charge is 0.445 e. The minimum absolute atomic E-state index is 0.602. The van der Waals surface area contributed by atoms with E-state index in [9.17, 15) is 0 Å². The van der Waals surface area contributed by atoms with Crippen LogP contribution in [-0.2, 0) is 20.1 Å². The molecular weight excluding hydrogens is 194 g/mol. The summed E-state index contributed by atoms with van der Waals surface area (Å²) in [6.45, 7) is 3.14. The van der Waals surface area contributed by atoms with Gasteiger partial charge in [0.25, 0.3) is 0 Å². The predicted octanol–water partition coefficient (Wildman–Crippen LogP) is 0.401. The first-order valence-electron chi connectivity index (χ1n) is 4.71. The Bertz CT molecular complexity index is 393. The first kappa shape index (κ1) is 9.85. The highest BCUT2D eigenvalue weighted by atomic mass is 16.4. The number of nitrogens with one attached hydrogen (secondary N) is 1. The van der Waals surface area contributed by atoms with Gasteiger partial charge in [-0.05, 0) is 6.92 Å². The highest BCUT2D eigenvalue weighted by Crippen LogP contribution is 2.01. The minimum atomic E-state index is 0.602. The summed E-state index contributed by atoms with van der Waals surface area (Å²) in [5, 5.41) is 11.0. The Hall–Kier alpha value is -1.69. The SMILES string of the molecule is Cc1cnc(CNCc2cn(C)nn2)o1. The maximum Gasteiger partial charge on any atom is 0.208 e. The van der Waals surface area contributed by atoms with E-state index in [0.717, 1.165) is 11.5 Å². The lowest BCUT2D eigenvalue weighted by Crippen LogP contribution is -2.13. The van der Waals surface area contributed by atoms with Gasteiger partial charge in [-0.2, -0.15) is 0 Å². The summed E-state index contributed by atoms with van der Waals surface area (Å²) >= 11 is 0. The monoisotopic (exact) mass is 207 g/mol. The molecule has 2 heterocycles. The molecule has 0 aliphatic rings. The van der Waals surface area contributed by atoms with Crippen molar-refractivity contribution in [3.05, 3.63) is 29.7 Å². The molecule has 0 radical (unpaired) electrons. The molecule has 2 aromatic rings. The molecule has 0 aromatic carbocycles. The Morgan fingerprint density at radius 1 is 1.47 bits per heavy atom. The molecule has 6 nitrogen and oxygen atoms in total. The first-order valence-corrected chi connectivity index (χ1v) is 4.71. The lowest BCUT2D eigenvalue weighted by atomic mass is 10.4. The molecule has 0 spiro atoms. The molecule has 1 N–H and O–H groups in total. The molecule has 0 saturated heterocycles. The number of rotatable bonds is 4. The summed E-state index contributed by atoms with van der Waals surface area (Å²) in [5.74, 6) is 1.52. The number of hydrogen-bond acceptors (Lipinski definition) is 5. The van der Waals surface area contributed by atoms with Crippen LogP contribution in [0.15, 0.2) is 16.8 Å². The van der Waals surface area contributed by atoms with Gasteiger partial charge in [0.05, 0.1) is 18.4 Å². The van der Waals surface area contributed by atoms with Crippen LogP contribution in [0.2, 0.25) is 0 Å². The number of nitrogens with zero attached hydrogens (tertiary/aromatic N) is 4. The van der Waals surface area contributed by atoms with Crippen molar-refractivity contribution in [2.75, 3.05) is 0 Å². The highest BCUT2D eigenvalue weighted by molar-refractivity contribution is 4.93. The van der Waals surface area contributed by atoms with Crippen LogP contribution in [0.3, 0.4) is 0 Å². The second-order valence-electron chi connectivity index (χ2n) is 3.35. The first-order chi connectivity index (χ1) is 7.24. The van der Waals surface area contributed by atoms with E-state index in [1.807, 2.05) is 20.2 Å². The molecule has 0 saturated carbocycles. The second kappa shape index (κ2) is 4.22. The summed E-state index contributed by atoms with van der Waals surface area (Å²) in [4.78, 5) is 4.08. The maximum absolute atomic E-state index is 5.31.